The molecule has 0 amide bonds. The standard InChI is InChI=1S/C36H58FN3/c1-8-10-27-11-14-30-32-16-15-31(36(32,7)20-17-33(30)35(27,6)19-9-2)26(4)38-23-25(3)40(29-12-13-29)21-18-28-22-34(5,37)24-39-28/h8,10,28-33,39H,1,3,9,11-24H2,2,4-7H3/b27-10-,38-26?. The van der Waals surface area contributed by atoms with E-state index in [1.54, 1.807) is 12.5 Å². The Bertz CT molecular complexity index is 1010. The van der Waals surface area contributed by atoms with Crippen molar-refractivity contribution in [2.24, 2.45) is 39.5 Å². The first kappa shape index (κ1) is 30.1. The molecule has 0 aromatic carbocycles. The number of hydrogen-bond acceptors (Lipinski definition) is 3. The third-order valence-electron chi connectivity index (χ3n) is 12.4. The number of nitrogens with zero attached hydrogens (tertiary/aromatic N) is 2. The average Bonchev–Trinajstić information content (AvgIpc) is 3.59. The van der Waals surface area contributed by atoms with Gasteiger partial charge in [-0.2, -0.15) is 0 Å². The van der Waals surface area contributed by atoms with E-state index in [1.807, 2.05) is 6.08 Å². The Hall–Kier alpha value is -1.42. The molecule has 0 aromatic heterocycles. The number of hydrogen-bond donors (Lipinski definition) is 1. The highest BCUT2D eigenvalue weighted by Crippen LogP contribution is 2.66. The number of alkyl halides is 1. The monoisotopic (exact) mass is 551 g/mol. The summed E-state index contributed by atoms with van der Waals surface area (Å²) in [5.74, 6) is 3.10. The maximum atomic E-state index is 14.3. The minimum Gasteiger partial charge on any atom is -0.371 e. The predicted octanol–water partition coefficient (Wildman–Crippen LogP) is 8.68. The van der Waals surface area contributed by atoms with Crippen LogP contribution in [-0.4, -0.2) is 48.0 Å². The molecule has 1 aliphatic heterocycles. The molecule has 0 aromatic rings. The number of nitrogens with one attached hydrogen (secondary N) is 1. The van der Waals surface area contributed by atoms with Crippen LogP contribution < -0.4 is 5.32 Å². The molecule has 5 aliphatic rings. The molecular weight excluding hydrogens is 493 g/mol. The number of halogens is 1. The van der Waals surface area contributed by atoms with E-state index in [-0.39, 0.29) is 6.04 Å². The lowest BCUT2D eigenvalue weighted by atomic mass is 9.47. The smallest absolute Gasteiger partial charge is 0.122 e. The second kappa shape index (κ2) is 11.7. The van der Waals surface area contributed by atoms with Gasteiger partial charge in [-0.25, -0.2) is 4.39 Å². The zero-order valence-electron chi connectivity index (χ0n) is 26.4. The van der Waals surface area contributed by atoms with Gasteiger partial charge in [0.25, 0.3) is 0 Å². The first-order chi connectivity index (χ1) is 19.0. The summed E-state index contributed by atoms with van der Waals surface area (Å²) in [7, 11) is 0. The van der Waals surface area contributed by atoms with Gasteiger partial charge >= 0.3 is 0 Å². The van der Waals surface area contributed by atoms with Crippen LogP contribution in [-0.2, 0) is 0 Å². The highest BCUT2D eigenvalue weighted by atomic mass is 19.1. The predicted molar refractivity (Wildman–Crippen MR) is 168 cm³/mol. The maximum absolute atomic E-state index is 14.3. The van der Waals surface area contributed by atoms with E-state index >= 15 is 0 Å². The fraction of sp³-hybridized carbons (Fsp3) is 0.806. The Morgan fingerprint density at radius 2 is 1.90 bits per heavy atom. The van der Waals surface area contributed by atoms with E-state index in [2.05, 4.69) is 57.1 Å². The van der Waals surface area contributed by atoms with Crippen LogP contribution in [0.2, 0.25) is 0 Å². The molecule has 3 nitrogen and oxygen atoms in total. The third kappa shape index (κ3) is 5.77. The normalized spacial score (nSPS) is 42.5. The molecule has 0 radical (unpaired) electrons. The van der Waals surface area contributed by atoms with E-state index in [0.29, 0.717) is 35.8 Å². The Labute approximate surface area is 245 Å². The fourth-order valence-corrected chi connectivity index (χ4v) is 10.2. The van der Waals surface area contributed by atoms with Crippen molar-refractivity contribution in [3.63, 3.8) is 0 Å². The lowest BCUT2D eigenvalue weighted by Crippen LogP contribution is -2.50. The highest BCUT2D eigenvalue weighted by Gasteiger charge is 2.58. The number of allylic oxidation sites excluding steroid dienone is 3. The quantitative estimate of drug-likeness (QED) is 0.260. The second-order valence-electron chi connectivity index (χ2n) is 15.1. The van der Waals surface area contributed by atoms with Gasteiger partial charge in [0.1, 0.15) is 5.67 Å². The third-order valence-corrected chi connectivity index (χ3v) is 12.4. The van der Waals surface area contributed by atoms with Crippen molar-refractivity contribution < 1.29 is 4.39 Å². The van der Waals surface area contributed by atoms with Gasteiger partial charge in [0.2, 0.25) is 0 Å². The van der Waals surface area contributed by atoms with Crippen molar-refractivity contribution in [1.29, 1.82) is 0 Å². The van der Waals surface area contributed by atoms with Gasteiger partial charge in [-0.05, 0) is 113 Å². The van der Waals surface area contributed by atoms with E-state index in [9.17, 15) is 4.39 Å². The number of fused-ring (bicyclic) bond motifs is 3. The van der Waals surface area contributed by atoms with Crippen molar-refractivity contribution in [1.82, 2.24) is 10.2 Å². The zero-order chi connectivity index (χ0) is 28.7. The molecule has 5 fully saturated rings. The van der Waals surface area contributed by atoms with Gasteiger partial charge in [-0.3, -0.25) is 4.99 Å². The van der Waals surface area contributed by atoms with Gasteiger partial charge in [0, 0.05) is 42.5 Å². The van der Waals surface area contributed by atoms with Crippen molar-refractivity contribution in [2.45, 2.75) is 129 Å². The van der Waals surface area contributed by atoms with Crippen LogP contribution in [0.15, 0.2) is 41.6 Å². The summed E-state index contributed by atoms with van der Waals surface area (Å²) in [4.78, 5) is 7.76. The summed E-state index contributed by atoms with van der Waals surface area (Å²) in [6.45, 7) is 22.3. The highest BCUT2D eigenvalue weighted by molar-refractivity contribution is 5.85. The van der Waals surface area contributed by atoms with Crippen LogP contribution in [0.25, 0.3) is 0 Å². The molecule has 224 valence electrons. The summed E-state index contributed by atoms with van der Waals surface area (Å²) in [5.41, 5.74) is 3.86. The zero-order valence-corrected chi connectivity index (χ0v) is 26.4. The van der Waals surface area contributed by atoms with Crippen LogP contribution in [0.4, 0.5) is 4.39 Å². The largest absolute Gasteiger partial charge is 0.371 e. The molecule has 4 aliphatic carbocycles. The first-order valence-electron chi connectivity index (χ1n) is 16.7. The Morgan fingerprint density at radius 3 is 2.55 bits per heavy atom. The summed E-state index contributed by atoms with van der Waals surface area (Å²) >= 11 is 0. The van der Waals surface area contributed by atoms with Crippen LogP contribution in [0.1, 0.15) is 112 Å². The fourth-order valence-electron chi connectivity index (χ4n) is 10.2. The molecule has 8 atom stereocenters. The second-order valence-corrected chi connectivity index (χ2v) is 15.1. The van der Waals surface area contributed by atoms with Crippen LogP contribution >= 0.6 is 0 Å². The van der Waals surface area contributed by atoms with Crippen LogP contribution in [0.3, 0.4) is 0 Å². The van der Waals surface area contributed by atoms with Crippen molar-refractivity contribution in [3.8, 4) is 0 Å². The van der Waals surface area contributed by atoms with Crippen LogP contribution in [0, 0.1) is 34.5 Å². The van der Waals surface area contributed by atoms with Gasteiger partial charge in [-0.15, -0.1) is 0 Å². The molecule has 40 heavy (non-hydrogen) atoms. The number of aliphatic imine (C=N–C) groups is 1. The molecule has 0 bridgehead atoms. The Balaban J connectivity index is 1.23. The van der Waals surface area contributed by atoms with Crippen LogP contribution in [0.5, 0.6) is 0 Å². The Kier molecular flexibility index (Phi) is 8.78. The van der Waals surface area contributed by atoms with Crippen molar-refractivity contribution >= 4 is 5.71 Å². The molecule has 5 rings (SSSR count). The first-order valence-corrected chi connectivity index (χ1v) is 16.7. The van der Waals surface area contributed by atoms with E-state index in [0.717, 1.165) is 43.0 Å². The topological polar surface area (TPSA) is 27.6 Å². The molecular formula is C36H58FN3. The summed E-state index contributed by atoms with van der Waals surface area (Å²) in [5, 5.41) is 3.39. The van der Waals surface area contributed by atoms with Crippen molar-refractivity contribution in [2.75, 3.05) is 19.6 Å². The van der Waals surface area contributed by atoms with E-state index < -0.39 is 5.67 Å². The Morgan fingerprint density at radius 1 is 1.12 bits per heavy atom. The van der Waals surface area contributed by atoms with Gasteiger partial charge in [0.15, 0.2) is 0 Å². The van der Waals surface area contributed by atoms with Gasteiger partial charge in [-0.1, -0.05) is 58.1 Å². The molecule has 4 saturated carbocycles. The van der Waals surface area contributed by atoms with Gasteiger partial charge in [0.05, 0.1) is 6.54 Å². The molecule has 1 heterocycles. The SMILES string of the molecule is C=C/C=C1/CCC2C(CCC3(C)C(C(C)=NCC(=C)N(CCC4CC(C)(F)CN4)C4CC4)CCC23)C1(C)CCC. The van der Waals surface area contributed by atoms with Gasteiger partial charge < -0.3 is 10.2 Å². The minimum absolute atomic E-state index is 0.280. The summed E-state index contributed by atoms with van der Waals surface area (Å²) < 4.78 is 14.3. The van der Waals surface area contributed by atoms with E-state index in [1.165, 1.54) is 69.9 Å². The average molecular weight is 552 g/mol. The lowest BCUT2D eigenvalue weighted by molar-refractivity contribution is -0.0408. The lowest BCUT2D eigenvalue weighted by Gasteiger charge is -2.57. The minimum atomic E-state index is -1.06. The number of rotatable bonds is 11. The summed E-state index contributed by atoms with van der Waals surface area (Å²) in [6.07, 6.45) is 19.1. The maximum Gasteiger partial charge on any atom is 0.122 e. The molecule has 1 saturated heterocycles. The molecule has 8 unspecified atom stereocenters. The van der Waals surface area contributed by atoms with Crippen molar-refractivity contribution in [3.05, 3.63) is 36.6 Å². The summed E-state index contributed by atoms with van der Waals surface area (Å²) in [6, 6.07) is 0.899. The van der Waals surface area contributed by atoms with E-state index in [4.69, 9.17) is 4.99 Å². The molecule has 4 heteroatoms. The molecule has 1 N–H and O–H groups in total. The molecule has 0 spiro atoms.